The van der Waals surface area contributed by atoms with Crippen LogP contribution in [0.2, 0.25) is 5.02 Å². The quantitative estimate of drug-likeness (QED) is 0.622. The molecule has 0 bridgehead atoms. The molecular weight excluding hydrogens is 318 g/mol. The van der Waals surface area contributed by atoms with Crippen LogP contribution >= 0.6 is 11.6 Å². The molecule has 0 N–H and O–H groups in total. The van der Waals surface area contributed by atoms with Crippen molar-refractivity contribution in [2.75, 3.05) is 18.0 Å². The zero-order valence-corrected chi connectivity index (χ0v) is 14.8. The van der Waals surface area contributed by atoms with Gasteiger partial charge in [-0.15, -0.1) is 0 Å². The van der Waals surface area contributed by atoms with Crippen molar-refractivity contribution in [3.05, 3.63) is 76.8 Å². The van der Waals surface area contributed by atoms with Crippen molar-refractivity contribution in [2.24, 2.45) is 0 Å². The lowest BCUT2D eigenvalue weighted by Gasteiger charge is -2.20. The van der Waals surface area contributed by atoms with E-state index >= 15 is 0 Å². The van der Waals surface area contributed by atoms with Gasteiger partial charge in [-0.1, -0.05) is 48.0 Å². The molecule has 124 valence electrons. The summed E-state index contributed by atoms with van der Waals surface area (Å²) in [6, 6.07) is 15.6. The lowest BCUT2D eigenvalue weighted by atomic mass is 10.1. The van der Waals surface area contributed by atoms with E-state index in [9.17, 15) is 4.79 Å². The summed E-state index contributed by atoms with van der Waals surface area (Å²) in [5.41, 5.74) is 3.12. The van der Waals surface area contributed by atoms with Crippen LogP contribution in [0.15, 0.2) is 60.7 Å². The number of rotatable bonds is 7. The first-order valence-corrected chi connectivity index (χ1v) is 8.51. The van der Waals surface area contributed by atoms with E-state index in [2.05, 4.69) is 30.9 Å². The number of nitrogens with zero attached hydrogens (tertiary/aromatic N) is 1. The molecule has 0 unspecified atom stereocenters. The van der Waals surface area contributed by atoms with Gasteiger partial charge in [0.2, 0.25) is 0 Å². The number of anilines is 1. The largest absolute Gasteiger partial charge is 0.372 e. The molecule has 2 aromatic rings. The molecule has 0 amide bonds. The first kappa shape index (κ1) is 18.0. The van der Waals surface area contributed by atoms with Gasteiger partial charge in [-0.3, -0.25) is 4.79 Å². The van der Waals surface area contributed by atoms with Gasteiger partial charge >= 0.3 is 0 Å². The summed E-state index contributed by atoms with van der Waals surface area (Å²) >= 11 is 5.92. The number of carbonyl (C=O) groups is 1. The molecule has 2 rings (SSSR count). The van der Waals surface area contributed by atoms with Gasteiger partial charge in [0.15, 0.2) is 5.78 Å². The van der Waals surface area contributed by atoms with Crippen molar-refractivity contribution in [1.82, 2.24) is 0 Å². The van der Waals surface area contributed by atoms with Crippen molar-refractivity contribution in [1.29, 1.82) is 0 Å². The molecule has 0 aromatic heterocycles. The van der Waals surface area contributed by atoms with E-state index in [1.165, 1.54) is 5.69 Å². The number of hydrogen-bond acceptors (Lipinski definition) is 2. The van der Waals surface area contributed by atoms with Crippen LogP contribution < -0.4 is 4.90 Å². The van der Waals surface area contributed by atoms with E-state index in [-0.39, 0.29) is 5.78 Å². The summed E-state index contributed by atoms with van der Waals surface area (Å²) in [5.74, 6) is -0.0530. The predicted molar refractivity (Wildman–Crippen MR) is 105 cm³/mol. The minimum atomic E-state index is -0.0530. The highest BCUT2D eigenvalue weighted by molar-refractivity contribution is 6.30. The molecule has 0 spiro atoms. The highest BCUT2D eigenvalue weighted by Gasteiger charge is 2.00. The van der Waals surface area contributed by atoms with Crippen molar-refractivity contribution in [3.63, 3.8) is 0 Å². The Balaban J connectivity index is 1.98. The molecule has 0 aliphatic heterocycles. The fourth-order valence-corrected chi connectivity index (χ4v) is 2.61. The van der Waals surface area contributed by atoms with Gasteiger partial charge in [0.05, 0.1) is 0 Å². The maximum Gasteiger partial charge on any atom is 0.178 e. The zero-order chi connectivity index (χ0) is 17.4. The van der Waals surface area contributed by atoms with Crippen molar-refractivity contribution in [3.8, 4) is 0 Å². The molecule has 24 heavy (non-hydrogen) atoms. The number of carbonyl (C=O) groups excluding carboxylic acids is 1. The molecule has 2 aromatic carbocycles. The van der Waals surface area contributed by atoms with Crippen LogP contribution in [0.5, 0.6) is 0 Å². The smallest absolute Gasteiger partial charge is 0.178 e. The van der Waals surface area contributed by atoms with E-state index < -0.39 is 0 Å². The summed E-state index contributed by atoms with van der Waals surface area (Å²) < 4.78 is 0. The molecule has 0 saturated heterocycles. The van der Waals surface area contributed by atoms with Crippen molar-refractivity contribution >= 4 is 35.2 Å². The number of allylic oxidation sites excluding steroid dienone is 2. The number of ketones is 1. The van der Waals surface area contributed by atoms with Crippen LogP contribution in [0.25, 0.3) is 12.2 Å². The van der Waals surface area contributed by atoms with Crippen LogP contribution in [0.1, 0.15) is 25.0 Å². The molecule has 0 radical (unpaired) electrons. The molecule has 0 heterocycles. The molecule has 0 aliphatic rings. The normalized spacial score (nSPS) is 11.3. The van der Waals surface area contributed by atoms with E-state index in [0.29, 0.717) is 5.02 Å². The molecule has 0 fully saturated rings. The second-order valence-electron chi connectivity index (χ2n) is 5.39. The maximum absolute atomic E-state index is 11.9. The molecule has 0 aliphatic carbocycles. The molecule has 0 atom stereocenters. The Morgan fingerprint density at radius 2 is 1.58 bits per heavy atom. The monoisotopic (exact) mass is 339 g/mol. The van der Waals surface area contributed by atoms with Crippen LogP contribution in [-0.4, -0.2) is 18.9 Å². The van der Waals surface area contributed by atoms with Gasteiger partial charge < -0.3 is 4.90 Å². The van der Waals surface area contributed by atoms with Gasteiger partial charge in [0, 0.05) is 23.8 Å². The second kappa shape index (κ2) is 9.09. The third-order valence-corrected chi connectivity index (χ3v) is 3.99. The van der Waals surface area contributed by atoms with Crippen LogP contribution in [0, 0.1) is 0 Å². The van der Waals surface area contributed by atoms with Gasteiger partial charge in [-0.2, -0.15) is 0 Å². The Labute approximate surface area is 149 Å². The maximum atomic E-state index is 11.9. The molecule has 2 nitrogen and oxygen atoms in total. The zero-order valence-electron chi connectivity index (χ0n) is 14.1. The second-order valence-corrected chi connectivity index (χ2v) is 5.82. The Morgan fingerprint density at radius 3 is 2.17 bits per heavy atom. The Hall–Kier alpha value is -2.32. The minimum absolute atomic E-state index is 0.0530. The topological polar surface area (TPSA) is 20.3 Å². The summed E-state index contributed by atoms with van der Waals surface area (Å²) in [6.07, 6.45) is 6.72. The van der Waals surface area contributed by atoms with Gasteiger partial charge in [-0.25, -0.2) is 0 Å². The van der Waals surface area contributed by atoms with Crippen LogP contribution in [-0.2, 0) is 4.79 Å². The summed E-state index contributed by atoms with van der Waals surface area (Å²) in [6.45, 7) is 6.25. The van der Waals surface area contributed by atoms with E-state index in [4.69, 9.17) is 11.6 Å². The van der Waals surface area contributed by atoms with Crippen molar-refractivity contribution in [2.45, 2.75) is 13.8 Å². The Bertz CT molecular complexity index is 728. The van der Waals surface area contributed by atoms with Crippen LogP contribution in [0.4, 0.5) is 5.69 Å². The Morgan fingerprint density at radius 1 is 0.958 bits per heavy atom. The number of benzene rings is 2. The SMILES string of the molecule is CCN(CC)c1ccc(C=CC(=O)C=Cc2cccc(Cl)c2)cc1. The van der Waals surface area contributed by atoms with Crippen molar-refractivity contribution < 1.29 is 4.79 Å². The van der Waals surface area contributed by atoms with Gasteiger partial charge in [-0.05, 0) is 61.4 Å². The average Bonchev–Trinajstić information content (AvgIpc) is 2.60. The van der Waals surface area contributed by atoms with E-state index in [1.54, 1.807) is 18.2 Å². The third kappa shape index (κ3) is 5.39. The van der Waals surface area contributed by atoms with Crippen LogP contribution in [0.3, 0.4) is 0 Å². The van der Waals surface area contributed by atoms with Gasteiger partial charge in [0.25, 0.3) is 0 Å². The van der Waals surface area contributed by atoms with E-state index in [1.807, 2.05) is 42.5 Å². The fraction of sp³-hybridized carbons (Fsp3) is 0.190. The third-order valence-electron chi connectivity index (χ3n) is 3.75. The van der Waals surface area contributed by atoms with E-state index in [0.717, 1.165) is 24.2 Å². The lowest BCUT2D eigenvalue weighted by Crippen LogP contribution is -2.21. The van der Waals surface area contributed by atoms with Gasteiger partial charge in [0.1, 0.15) is 0 Å². The summed E-state index contributed by atoms with van der Waals surface area (Å²) in [4.78, 5) is 14.2. The first-order chi connectivity index (χ1) is 11.6. The Kier molecular flexibility index (Phi) is 6.83. The summed E-state index contributed by atoms with van der Waals surface area (Å²) in [7, 11) is 0. The molecule has 0 saturated carbocycles. The highest BCUT2D eigenvalue weighted by Crippen LogP contribution is 2.16. The highest BCUT2D eigenvalue weighted by atomic mass is 35.5. The standard InChI is InChI=1S/C21H22ClNO/c1-3-23(4-2)20-12-8-17(9-13-20)10-14-21(24)15-11-18-6-5-7-19(22)16-18/h5-16H,3-4H2,1-2H3. The molecule has 3 heteroatoms. The number of halogens is 1. The minimum Gasteiger partial charge on any atom is -0.372 e. The number of hydrogen-bond donors (Lipinski definition) is 0. The lowest BCUT2D eigenvalue weighted by molar-refractivity contribution is -0.110. The summed E-state index contributed by atoms with van der Waals surface area (Å²) in [5, 5.41) is 0.661. The first-order valence-electron chi connectivity index (χ1n) is 8.13. The fourth-order valence-electron chi connectivity index (χ4n) is 2.41. The average molecular weight is 340 g/mol. The predicted octanol–water partition coefficient (Wildman–Crippen LogP) is 5.48. The molecular formula is C21H22ClNO.